The topological polar surface area (TPSA) is 76.0 Å². The van der Waals surface area contributed by atoms with Gasteiger partial charge >= 0.3 is 0 Å². The second-order valence-corrected chi connectivity index (χ2v) is 14.9. The Hall–Kier alpha value is -8.35. The van der Waals surface area contributed by atoms with Gasteiger partial charge in [-0.2, -0.15) is 0 Å². The molecule has 0 amide bonds. The summed E-state index contributed by atoms with van der Waals surface area (Å²) in [4.78, 5) is 24.0. The number of rotatable bonds is 9. The number of hydrogen-bond acceptors (Lipinski definition) is 4. The van der Waals surface area contributed by atoms with Crippen LogP contribution in [-0.4, -0.2) is 28.4 Å². The summed E-state index contributed by atoms with van der Waals surface area (Å²) in [5.41, 5.74) is 14.5. The molecule has 0 N–H and O–H groups in total. The van der Waals surface area contributed by atoms with E-state index in [-0.39, 0.29) is 0 Å². The smallest absolute Gasteiger partial charge is 0.161 e. The summed E-state index contributed by atoms with van der Waals surface area (Å²) in [6, 6.07) is 68.3. The standard InChI is InChI=1S/C56H39N5O/c1-57-56(61-55(60-37-38-13-4-2-5-14-38)45-31-23-40(24-32-45)39-15-6-3-7-16-39)47-17-12-20-52-53(47)49-36-46(41-21-27-43(28-22-41)50-18-8-10-33-58-50)35-48(54(49)62-52)42-25-29-44(30-26-42)51-19-9-11-34-59-51/h2-36H,1,37H2. The Labute approximate surface area is 360 Å². The molecule has 0 bridgehead atoms. The average molecular weight is 798 g/mol. The number of benzene rings is 7. The third-order valence-corrected chi connectivity index (χ3v) is 11.0. The van der Waals surface area contributed by atoms with Crippen molar-refractivity contribution in [3.63, 3.8) is 0 Å². The highest BCUT2D eigenvalue weighted by atomic mass is 16.3. The summed E-state index contributed by atoms with van der Waals surface area (Å²) >= 11 is 0. The van der Waals surface area contributed by atoms with Gasteiger partial charge in [-0.05, 0) is 82.6 Å². The van der Waals surface area contributed by atoms with Crippen LogP contribution in [0.3, 0.4) is 0 Å². The molecule has 10 aromatic rings. The molecule has 6 heteroatoms. The SMILES string of the molecule is C=NC(=NC(=NCc1ccccc1)c1ccc(-c2ccccc2)cc1)c1cccc2oc3c(-c4ccc(-c5ccccn5)cc4)cc(-c4ccc(-c5ccccn5)cc4)cc3c12. The van der Waals surface area contributed by atoms with Crippen molar-refractivity contribution in [2.75, 3.05) is 0 Å². The van der Waals surface area contributed by atoms with Gasteiger partial charge in [0.1, 0.15) is 11.2 Å². The molecule has 7 aromatic carbocycles. The van der Waals surface area contributed by atoms with E-state index < -0.39 is 0 Å². The van der Waals surface area contributed by atoms with Crippen molar-refractivity contribution >= 4 is 40.3 Å². The molecule has 0 aliphatic heterocycles. The van der Waals surface area contributed by atoms with Crippen LogP contribution in [0, 0.1) is 0 Å². The van der Waals surface area contributed by atoms with Crippen LogP contribution < -0.4 is 0 Å². The monoisotopic (exact) mass is 797 g/mol. The zero-order valence-electron chi connectivity index (χ0n) is 33.8. The molecule has 0 radical (unpaired) electrons. The van der Waals surface area contributed by atoms with Crippen LogP contribution in [0.2, 0.25) is 0 Å². The summed E-state index contributed by atoms with van der Waals surface area (Å²) in [6.45, 7) is 4.50. The number of aromatic nitrogens is 2. The molecule has 0 unspecified atom stereocenters. The van der Waals surface area contributed by atoms with Crippen molar-refractivity contribution in [3.8, 4) is 55.9 Å². The van der Waals surface area contributed by atoms with Crippen LogP contribution in [0.4, 0.5) is 0 Å². The van der Waals surface area contributed by atoms with Gasteiger partial charge in [-0.3, -0.25) is 15.0 Å². The number of aliphatic imine (C=N–C) groups is 3. The molecular weight excluding hydrogens is 759 g/mol. The quantitative estimate of drug-likeness (QED) is 0.108. The molecule has 0 saturated carbocycles. The van der Waals surface area contributed by atoms with Crippen molar-refractivity contribution in [2.24, 2.45) is 15.0 Å². The number of amidine groups is 2. The first-order valence-corrected chi connectivity index (χ1v) is 20.5. The first-order valence-electron chi connectivity index (χ1n) is 20.5. The Morgan fingerprint density at radius 2 is 1.05 bits per heavy atom. The lowest BCUT2D eigenvalue weighted by Crippen LogP contribution is -2.06. The number of nitrogens with zero attached hydrogens (tertiary/aromatic N) is 5. The van der Waals surface area contributed by atoms with Gasteiger partial charge in [-0.15, -0.1) is 0 Å². The predicted octanol–water partition coefficient (Wildman–Crippen LogP) is 13.8. The number of furan rings is 1. The third kappa shape index (κ3) is 7.76. The van der Waals surface area contributed by atoms with Crippen LogP contribution in [0.5, 0.6) is 0 Å². The molecule has 62 heavy (non-hydrogen) atoms. The number of pyridine rings is 2. The normalized spacial score (nSPS) is 11.9. The van der Waals surface area contributed by atoms with Crippen LogP contribution in [0.1, 0.15) is 16.7 Å². The summed E-state index contributed by atoms with van der Waals surface area (Å²) in [5.74, 6) is 1.01. The first-order chi connectivity index (χ1) is 30.7. The molecule has 3 aromatic heterocycles. The molecule has 0 saturated heterocycles. The first kappa shape index (κ1) is 37.9. The zero-order chi connectivity index (χ0) is 41.7. The maximum absolute atomic E-state index is 6.84. The van der Waals surface area contributed by atoms with Crippen molar-refractivity contribution in [1.29, 1.82) is 0 Å². The van der Waals surface area contributed by atoms with Gasteiger partial charge < -0.3 is 4.42 Å². The van der Waals surface area contributed by atoms with Crippen molar-refractivity contribution < 1.29 is 4.42 Å². The highest BCUT2D eigenvalue weighted by Gasteiger charge is 2.20. The fraction of sp³-hybridized carbons (Fsp3) is 0.0179. The van der Waals surface area contributed by atoms with Crippen molar-refractivity contribution in [1.82, 2.24) is 9.97 Å². The van der Waals surface area contributed by atoms with Gasteiger partial charge in [0.2, 0.25) is 0 Å². The Bertz CT molecular complexity index is 3210. The Kier molecular flexibility index (Phi) is 10.4. The molecule has 294 valence electrons. The van der Waals surface area contributed by atoms with E-state index in [4.69, 9.17) is 14.4 Å². The second-order valence-electron chi connectivity index (χ2n) is 14.9. The number of fused-ring (bicyclic) bond motifs is 3. The predicted molar refractivity (Wildman–Crippen MR) is 256 cm³/mol. The van der Waals surface area contributed by atoms with Crippen LogP contribution >= 0.6 is 0 Å². The summed E-state index contributed by atoms with van der Waals surface area (Å²) in [7, 11) is 0. The van der Waals surface area contributed by atoms with E-state index in [9.17, 15) is 0 Å². The molecule has 0 aliphatic rings. The van der Waals surface area contributed by atoms with E-state index >= 15 is 0 Å². The van der Waals surface area contributed by atoms with E-state index in [0.29, 0.717) is 18.2 Å². The minimum Gasteiger partial charge on any atom is -0.455 e. The van der Waals surface area contributed by atoms with Gasteiger partial charge in [0, 0.05) is 51.0 Å². The molecule has 6 nitrogen and oxygen atoms in total. The fourth-order valence-electron chi connectivity index (χ4n) is 7.88. The molecule has 3 heterocycles. The van der Waals surface area contributed by atoms with Crippen LogP contribution in [0.25, 0.3) is 77.8 Å². The van der Waals surface area contributed by atoms with E-state index in [2.05, 4.69) is 131 Å². The Morgan fingerprint density at radius 1 is 0.484 bits per heavy atom. The van der Waals surface area contributed by atoms with E-state index in [1.165, 1.54) is 0 Å². The van der Waals surface area contributed by atoms with Gasteiger partial charge in [0.25, 0.3) is 0 Å². The summed E-state index contributed by atoms with van der Waals surface area (Å²) in [5, 5.41) is 1.84. The maximum Gasteiger partial charge on any atom is 0.161 e. The minimum atomic E-state index is 0.448. The Morgan fingerprint density at radius 3 is 1.68 bits per heavy atom. The number of hydrogen-bond donors (Lipinski definition) is 0. The highest BCUT2D eigenvalue weighted by molar-refractivity contribution is 6.23. The van der Waals surface area contributed by atoms with Gasteiger partial charge in [-0.1, -0.05) is 158 Å². The fourth-order valence-corrected chi connectivity index (χ4v) is 7.88. The second kappa shape index (κ2) is 17.1. The van der Waals surface area contributed by atoms with Crippen LogP contribution in [-0.2, 0) is 6.54 Å². The highest BCUT2D eigenvalue weighted by Crippen LogP contribution is 2.41. The minimum absolute atomic E-state index is 0.448. The van der Waals surface area contributed by atoms with Gasteiger partial charge in [-0.25, -0.2) is 9.98 Å². The van der Waals surface area contributed by atoms with Gasteiger partial charge in [0.15, 0.2) is 11.7 Å². The zero-order valence-corrected chi connectivity index (χ0v) is 33.8. The molecule has 0 atom stereocenters. The molecule has 0 aliphatic carbocycles. The van der Waals surface area contributed by atoms with Gasteiger partial charge in [0.05, 0.1) is 17.9 Å². The molecule has 0 spiro atoms. The maximum atomic E-state index is 6.84. The lowest BCUT2D eigenvalue weighted by molar-refractivity contribution is 0.670. The Balaban J connectivity index is 1.13. The molecule has 0 fully saturated rings. The van der Waals surface area contributed by atoms with E-state index in [1.807, 2.05) is 103 Å². The van der Waals surface area contributed by atoms with Crippen molar-refractivity contribution in [3.05, 3.63) is 229 Å². The van der Waals surface area contributed by atoms with E-state index in [0.717, 1.165) is 94.5 Å². The van der Waals surface area contributed by atoms with Crippen LogP contribution in [0.15, 0.2) is 232 Å². The largest absolute Gasteiger partial charge is 0.455 e. The summed E-state index contributed by atoms with van der Waals surface area (Å²) in [6.07, 6.45) is 3.64. The lowest BCUT2D eigenvalue weighted by atomic mass is 9.93. The lowest BCUT2D eigenvalue weighted by Gasteiger charge is -2.11. The molecular formula is C56H39N5O. The summed E-state index contributed by atoms with van der Waals surface area (Å²) < 4.78 is 6.84. The molecule has 10 rings (SSSR count). The van der Waals surface area contributed by atoms with E-state index in [1.54, 1.807) is 0 Å². The van der Waals surface area contributed by atoms with Crippen molar-refractivity contribution in [2.45, 2.75) is 6.54 Å². The third-order valence-electron chi connectivity index (χ3n) is 11.0. The average Bonchev–Trinajstić information content (AvgIpc) is 3.74.